The molecule has 0 N–H and O–H groups in total. The maximum absolute atomic E-state index is 13.2. The highest BCUT2D eigenvalue weighted by atomic mass is 16.5. The smallest absolute Gasteiger partial charge is 0.310 e. The molecular formula is C23H26O6. The number of benzene rings is 2. The van der Waals surface area contributed by atoms with E-state index in [-0.39, 0.29) is 30.8 Å². The van der Waals surface area contributed by atoms with E-state index in [1.165, 1.54) is 14.2 Å². The summed E-state index contributed by atoms with van der Waals surface area (Å²) in [5.74, 6) is 0.376. The number of Topliss-reactive ketones (excluding diaryl/α,β-unsaturated/α-hetero) is 1. The molecular weight excluding hydrogens is 372 g/mol. The second-order valence-corrected chi connectivity index (χ2v) is 7.12. The third kappa shape index (κ3) is 5.35. The highest BCUT2D eigenvalue weighted by Gasteiger charge is 2.28. The second kappa shape index (κ2) is 9.56. The fourth-order valence-electron chi connectivity index (χ4n) is 3.53. The number of cyclic esters (lactones) is 1. The number of hydrogen-bond acceptors (Lipinski definition) is 6. The van der Waals surface area contributed by atoms with Gasteiger partial charge in [0, 0.05) is 18.9 Å². The molecule has 0 aliphatic carbocycles. The fraction of sp³-hybridized carbons (Fsp3) is 0.391. The molecule has 2 atom stereocenters. The van der Waals surface area contributed by atoms with Crippen molar-refractivity contribution in [1.29, 1.82) is 0 Å². The van der Waals surface area contributed by atoms with Gasteiger partial charge in [0.25, 0.3) is 0 Å². The Morgan fingerprint density at radius 2 is 1.83 bits per heavy atom. The normalized spacial score (nSPS) is 19.8. The first-order valence-corrected chi connectivity index (χ1v) is 9.63. The second-order valence-electron chi connectivity index (χ2n) is 7.12. The zero-order chi connectivity index (χ0) is 20.8. The summed E-state index contributed by atoms with van der Waals surface area (Å²) in [7, 11) is 3.02. The number of carbonyl (C=O) groups excluding carboxylic acids is 2. The monoisotopic (exact) mass is 398 g/mol. The Hall–Kier alpha value is -2.86. The third-order valence-electron chi connectivity index (χ3n) is 4.90. The van der Waals surface area contributed by atoms with Gasteiger partial charge in [0.1, 0.15) is 17.6 Å². The molecule has 1 aliphatic heterocycles. The summed E-state index contributed by atoms with van der Waals surface area (Å²) in [6, 6.07) is 13.1. The van der Waals surface area contributed by atoms with Gasteiger partial charge in [-0.1, -0.05) is 30.3 Å². The summed E-state index contributed by atoms with van der Waals surface area (Å²) < 4.78 is 22.3. The van der Waals surface area contributed by atoms with Crippen molar-refractivity contribution in [2.24, 2.45) is 0 Å². The summed E-state index contributed by atoms with van der Waals surface area (Å²) in [6.07, 6.45) is -0.148. The summed E-state index contributed by atoms with van der Waals surface area (Å²) >= 11 is 0. The molecule has 0 saturated heterocycles. The molecule has 0 radical (unpaired) electrons. The predicted octanol–water partition coefficient (Wildman–Crippen LogP) is 3.74. The minimum Gasteiger partial charge on any atom is -0.497 e. The van der Waals surface area contributed by atoms with Crippen LogP contribution in [0.25, 0.3) is 0 Å². The van der Waals surface area contributed by atoms with E-state index in [0.29, 0.717) is 35.7 Å². The van der Waals surface area contributed by atoms with Gasteiger partial charge in [0.2, 0.25) is 0 Å². The number of esters is 1. The van der Waals surface area contributed by atoms with Gasteiger partial charge in [-0.2, -0.15) is 0 Å². The maximum Gasteiger partial charge on any atom is 0.310 e. The van der Waals surface area contributed by atoms with Crippen molar-refractivity contribution in [2.45, 2.75) is 45.0 Å². The van der Waals surface area contributed by atoms with Crippen LogP contribution in [0.3, 0.4) is 0 Å². The van der Waals surface area contributed by atoms with Crippen LogP contribution in [0.2, 0.25) is 0 Å². The van der Waals surface area contributed by atoms with Crippen LogP contribution in [0.15, 0.2) is 42.5 Å². The molecule has 0 spiro atoms. The Kier molecular flexibility index (Phi) is 6.88. The van der Waals surface area contributed by atoms with E-state index in [4.69, 9.17) is 18.9 Å². The van der Waals surface area contributed by atoms with Crippen molar-refractivity contribution < 1.29 is 28.5 Å². The van der Waals surface area contributed by atoms with E-state index in [2.05, 4.69) is 0 Å². The van der Waals surface area contributed by atoms with Crippen LogP contribution in [0.4, 0.5) is 0 Å². The standard InChI is InChI=1S/C23H26O6/c1-15-9-19(28-14-16-7-5-4-6-8-16)12-20(24)23-17(11-22(25)29-15)10-18(26-2)13-21(23)27-3/h4-8,10,13,15,19H,9,11-12,14H2,1-3H3/t15-,19?/m1/s1. The molecule has 6 heteroatoms. The highest BCUT2D eigenvalue weighted by molar-refractivity contribution is 6.01. The minimum absolute atomic E-state index is 0.0193. The molecule has 2 aromatic carbocycles. The Bertz CT molecular complexity index is 861. The zero-order valence-electron chi connectivity index (χ0n) is 17.0. The number of hydrogen-bond donors (Lipinski definition) is 0. The van der Waals surface area contributed by atoms with Crippen LogP contribution in [0.5, 0.6) is 11.5 Å². The van der Waals surface area contributed by atoms with Gasteiger partial charge in [-0.05, 0) is 24.1 Å². The number of ether oxygens (including phenoxy) is 4. The van der Waals surface area contributed by atoms with Crippen molar-refractivity contribution >= 4 is 11.8 Å². The maximum atomic E-state index is 13.2. The van der Waals surface area contributed by atoms with Crippen molar-refractivity contribution in [3.63, 3.8) is 0 Å². The first-order valence-electron chi connectivity index (χ1n) is 9.63. The van der Waals surface area contributed by atoms with Gasteiger partial charge in [0.15, 0.2) is 5.78 Å². The van der Waals surface area contributed by atoms with Gasteiger partial charge >= 0.3 is 5.97 Å². The van der Waals surface area contributed by atoms with E-state index in [0.717, 1.165) is 5.56 Å². The summed E-state index contributed by atoms with van der Waals surface area (Å²) in [4.78, 5) is 25.6. The van der Waals surface area contributed by atoms with Crippen molar-refractivity contribution in [1.82, 2.24) is 0 Å². The number of fused-ring (bicyclic) bond motifs is 1. The van der Waals surface area contributed by atoms with Crippen LogP contribution in [0.1, 0.15) is 41.3 Å². The van der Waals surface area contributed by atoms with Crippen molar-refractivity contribution in [3.05, 3.63) is 59.2 Å². The largest absolute Gasteiger partial charge is 0.497 e. The van der Waals surface area contributed by atoms with Crippen LogP contribution >= 0.6 is 0 Å². The molecule has 1 heterocycles. The Labute approximate surface area is 170 Å². The SMILES string of the molecule is COc1cc2c(c(OC)c1)C(=O)CC(OCc1ccccc1)C[C@@H](C)OC(=O)C2. The topological polar surface area (TPSA) is 71.1 Å². The molecule has 1 unspecified atom stereocenters. The van der Waals surface area contributed by atoms with Gasteiger partial charge in [-0.15, -0.1) is 0 Å². The van der Waals surface area contributed by atoms with E-state index in [1.54, 1.807) is 12.1 Å². The Morgan fingerprint density at radius 3 is 2.52 bits per heavy atom. The quantitative estimate of drug-likeness (QED) is 0.715. The lowest BCUT2D eigenvalue weighted by molar-refractivity contribution is -0.149. The lowest BCUT2D eigenvalue weighted by Crippen LogP contribution is -2.28. The number of rotatable bonds is 5. The van der Waals surface area contributed by atoms with Crippen LogP contribution < -0.4 is 9.47 Å². The average molecular weight is 398 g/mol. The first kappa shape index (κ1) is 20.9. The lowest BCUT2D eigenvalue weighted by atomic mass is 9.94. The van der Waals surface area contributed by atoms with Crippen molar-refractivity contribution in [2.75, 3.05) is 14.2 Å². The van der Waals surface area contributed by atoms with E-state index in [1.807, 2.05) is 37.3 Å². The van der Waals surface area contributed by atoms with Gasteiger partial charge in [0.05, 0.1) is 38.9 Å². The van der Waals surface area contributed by atoms with Gasteiger partial charge in [-0.3, -0.25) is 9.59 Å². The van der Waals surface area contributed by atoms with E-state index < -0.39 is 5.97 Å². The van der Waals surface area contributed by atoms with Crippen LogP contribution in [-0.4, -0.2) is 38.2 Å². The van der Waals surface area contributed by atoms with Crippen LogP contribution in [-0.2, 0) is 27.3 Å². The molecule has 0 bridgehead atoms. The molecule has 6 nitrogen and oxygen atoms in total. The predicted molar refractivity (Wildman–Crippen MR) is 107 cm³/mol. The number of methoxy groups -OCH3 is 2. The molecule has 1 aliphatic rings. The average Bonchev–Trinajstić information content (AvgIpc) is 2.71. The minimum atomic E-state index is -0.398. The summed E-state index contributed by atoms with van der Waals surface area (Å²) in [5, 5.41) is 0. The first-order chi connectivity index (χ1) is 14.0. The zero-order valence-corrected chi connectivity index (χ0v) is 17.0. The highest BCUT2D eigenvalue weighted by Crippen LogP contribution is 2.32. The van der Waals surface area contributed by atoms with Crippen molar-refractivity contribution in [3.8, 4) is 11.5 Å². The molecule has 0 amide bonds. The van der Waals surface area contributed by atoms with Crippen LogP contribution in [0, 0.1) is 0 Å². The molecule has 0 saturated carbocycles. The number of carbonyl (C=O) groups is 2. The van der Waals surface area contributed by atoms with Gasteiger partial charge in [-0.25, -0.2) is 0 Å². The molecule has 3 rings (SSSR count). The molecule has 154 valence electrons. The fourth-order valence-corrected chi connectivity index (χ4v) is 3.53. The molecule has 29 heavy (non-hydrogen) atoms. The van der Waals surface area contributed by atoms with E-state index >= 15 is 0 Å². The Morgan fingerprint density at radius 1 is 1.07 bits per heavy atom. The summed E-state index contributed by atoms with van der Waals surface area (Å²) in [5.41, 5.74) is 1.93. The molecule has 0 aromatic heterocycles. The lowest BCUT2D eigenvalue weighted by Gasteiger charge is -2.24. The van der Waals surface area contributed by atoms with E-state index in [9.17, 15) is 9.59 Å². The third-order valence-corrected chi connectivity index (χ3v) is 4.90. The summed E-state index contributed by atoms with van der Waals surface area (Å²) in [6.45, 7) is 2.20. The molecule has 0 fully saturated rings. The van der Waals surface area contributed by atoms with Gasteiger partial charge < -0.3 is 18.9 Å². The molecule has 2 aromatic rings. The Balaban J connectivity index is 1.90. The number of ketones is 1.